The number of nitrogens with zero attached hydrogens (tertiary/aromatic N) is 1. The van der Waals surface area contributed by atoms with Crippen LogP contribution in [0.25, 0.3) is 0 Å². The van der Waals surface area contributed by atoms with E-state index in [1.165, 1.54) is 11.6 Å². The molecule has 0 radical (unpaired) electrons. The first kappa shape index (κ1) is 11.1. The Hall–Kier alpha value is -1.35. The smallest absolute Gasteiger partial charge is 0.146 e. The van der Waals surface area contributed by atoms with Crippen LogP contribution < -0.4 is 4.90 Å². The Balaban J connectivity index is 2.24. The molecule has 0 atom stereocenters. The van der Waals surface area contributed by atoms with Crippen LogP contribution in [0.2, 0.25) is 0 Å². The van der Waals surface area contributed by atoms with E-state index in [-0.39, 0.29) is 12.4 Å². The van der Waals surface area contributed by atoms with Crippen molar-refractivity contribution in [2.45, 2.75) is 20.0 Å². The van der Waals surface area contributed by atoms with Crippen molar-refractivity contribution in [3.8, 4) is 0 Å². The van der Waals surface area contributed by atoms with E-state index in [1.807, 2.05) is 4.90 Å². The maximum atomic E-state index is 13.8. The Morgan fingerprint density at radius 3 is 2.88 bits per heavy atom. The molecule has 1 heterocycles. The topological polar surface area (TPSA) is 23.5 Å². The molecule has 86 valence electrons. The molecule has 16 heavy (non-hydrogen) atoms. The van der Waals surface area contributed by atoms with Gasteiger partial charge in [-0.2, -0.15) is 0 Å². The summed E-state index contributed by atoms with van der Waals surface area (Å²) in [6, 6.07) is 4.93. The second-order valence-corrected chi connectivity index (χ2v) is 4.20. The molecule has 1 aliphatic rings. The van der Waals surface area contributed by atoms with Gasteiger partial charge < -0.3 is 10.0 Å². The molecule has 0 aromatic heterocycles. The van der Waals surface area contributed by atoms with Gasteiger partial charge in [-0.3, -0.25) is 0 Å². The van der Waals surface area contributed by atoms with E-state index in [2.05, 4.69) is 13.0 Å². The predicted molar refractivity (Wildman–Crippen MR) is 62.9 cm³/mol. The van der Waals surface area contributed by atoms with Crippen LogP contribution in [-0.4, -0.2) is 18.2 Å². The Kier molecular flexibility index (Phi) is 3.25. The summed E-state index contributed by atoms with van der Waals surface area (Å²) in [5, 5.41) is 8.92. The molecule has 0 fully saturated rings. The Morgan fingerprint density at radius 1 is 1.44 bits per heavy atom. The van der Waals surface area contributed by atoms with Gasteiger partial charge in [-0.05, 0) is 31.0 Å². The number of halogens is 1. The van der Waals surface area contributed by atoms with Crippen LogP contribution in [-0.2, 0) is 6.61 Å². The molecule has 3 heteroatoms. The molecular formula is C13H16FNO. The van der Waals surface area contributed by atoms with E-state index in [0.29, 0.717) is 11.3 Å². The first-order chi connectivity index (χ1) is 7.70. The molecule has 2 rings (SSSR count). The first-order valence-electron chi connectivity index (χ1n) is 5.50. The van der Waals surface area contributed by atoms with Gasteiger partial charge in [-0.25, -0.2) is 4.39 Å². The third-order valence-corrected chi connectivity index (χ3v) is 2.87. The van der Waals surface area contributed by atoms with E-state index in [0.717, 1.165) is 19.5 Å². The van der Waals surface area contributed by atoms with E-state index in [1.54, 1.807) is 12.1 Å². The number of aliphatic hydroxyl groups excluding tert-OH is 1. The lowest BCUT2D eigenvalue weighted by molar-refractivity contribution is 0.281. The Morgan fingerprint density at radius 2 is 2.25 bits per heavy atom. The van der Waals surface area contributed by atoms with Crippen LogP contribution in [0.5, 0.6) is 0 Å². The molecular weight excluding hydrogens is 205 g/mol. The lowest BCUT2D eigenvalue weighted by Crippen LogP contribution is -2.29. The van der Waals surface area contributed by atoms with E-state index in [4.69, 9.17) is 5.11 Å². The fourth-order valence-corrected chi connectivity index (χ4v) is 2.02. The summed E-state index contributed by atoms with van der Waals surface area (Å²) in [6.45, 7) is 3.59. The van der Waals surface area contributed by atoms with Gasteiger partial charge in [-0.1, -0.05) is 17.7 Å². The SMILES string of the molecule is CC1=CCCN(c2ccc(CO)cc2F)C1. The number of hydrogen-bond acceptors (Lipinski definition) is 2. The minimum absolute atomic E-state index is 0.115. The van der Waals surface area contributed by atoms with Crippen molar-refractivity contribution in [3.05, 3.63) is 41.2 Å². The second-order valence-electron chi connectivity index (χ2n) is 4.20. The van der Waals surface area contributed by atoms with Gasteiger partial charge in [0.2, 0.25) is 0 Å². The number of benzene rings is 1. The number of rotatable bonds is 2. The molecule has 0 aliphatic carbocycles. The van der Waals surface area contributed by atoms with E-state index >= 15 is 0 Å². The molecule has 0 amide bonds. The fraction of sp³-hybridized carbons (Fsp3) is 0.385. The minimum Gasteiger partial charge on any atom is -0.392 e. The summed E-state index contributed by atoms with van der Waals surface area (Å²) in [7, 11) is 0. The van der Waals surface area contributed by atoms with Crippen LogP contribution in [0.15, 0.2) is 29.8 Å². The van der Waals surface area contributed by atoms with Gasteiger partial charge in [-0.15, -0.1) is 0 Å². The maximum Gasteiger partial charge on any atom is 0.146 e. The van der Waals surface area contributed by atoms with E-state index < -0.39 is 0 Å². The zero-order valence-electron chi connectivity index (χ0n) is 9.41. The van der Waals surface area contributed by atoms with Gasteiger partial charge in [0.1, 0.15) is 5.82 Å². The van der Waals surface area contributed by atoms with Crippen molar-refractivity contribution in [2.24, 2.45) is 0 Å². The largest absolute Gasteiger partial charge is 0.392 e. The zero-order chi connectivity index (χ0) is 11.5. The van der Waals surface area contributed by atoms with Crippen molar-refractivity contribution in [3.63, 3.8) is 0 Å². The third kappa shape index (κ3) is 2.25. The van der Waals surface area contributed by atoms with Crippen molar-refractivity contribution >= 4 is 5.69 Å². The Bertz CT molecular complexity index is 414. The normalized spacial score (nSPS) is 16.2. The molecule has 1 aliphatic heterocycles. The van der Waals surface area contributed by atoms with Gasteiger partial charge in [0.05, 0.1) is 12.3 Å². The minimum atomic E-state index is -0.249. The maximum absolute atomic E-state index is 13.8. The monoisotopic (exact) mass is 221 g/mol. The van der Waals surface area contributed by atoms with Crippen LogP contribution in [0, 0.1) is 5.82 Å². The number of anilines is 1. The van der Waals surface area contributed by atoms with Gasteiger partial charge >= 0.3 is 0 Å². The van der Waals surface area contributed by atoms with Gasteiger partial charge in [0.15, 0.2) is 0 Å². The summed E-state index contributed by atoms with van der Waals surface area (Å²) in [5.41, 5.74) is 2.52. The molecule has 0 spiro atoms. The summed E-state index contributed by atoms with van der Waals surface area (Å²) in [4.78, 5) is 2.03. The highest BCUT2D eigenvalue weighted by Crippen LogP contribution is 2.23. The van der Waals surface area contributed by atoms with Gasteiger partial charge in [0.25, 0.3) is 0 Å². The molecule has 2 nitrogen and oxygen atoms in total. The summed E-state index contributed by atoms with van der Waals surface area (Å²) >= 11 is 0. The van der Waals surface area contributed by atoms with Crippen molar-refractivity contribution in [1.29, 1.82) is 0 Å². The third-order valence-electron chi connectivity index (χ3n) is 2.87. The number of hydrogen-bond donors (Lipinski definition) is 1. The average Bonchev–Trinajstić information content (AvgIpc) is 2.28. The van der Waals surface area contributed by atoms with Crippen molar-refractivity contribution in [1.82, 2.24) is 0 Å². The molecule has 1 N–H and O–H groups in total. The highest BCUT2D eigenvalue weighted by molar-refractivity contribution is 5.51. The Labute approximate surface area is 95.0 Å². The molecule has 0 saturated heterocycles. The van der Waals surface area contributed by atoms with Gasteiger partial charge in [0, 0.05) is 13.1 Å². The van der Waals surface area contributed by atoms with Crippen molar-refractivity contribution < 1.29 is 9.50 Å². The standard InChI is InChI=1S/C13H16FNO/c1-10-3-2-6-15(8-10)13-5-4-11(9-16)7-12(13)14/h3-5,7,16H,2,6,8-9H2,1H3. The lowest BCUT2D eigenvalue weighted by atomic mass is 10.1. The molecule has 0 saturated carbocycles. The zero-order valence-corrected chi connectivity index (χ0v) is 9.41. The van der Waals surface area contributed by atoms with E-state index in [9.17, 15) is 4.39 Å². The molecule has 1 aromatic carbocycles. The highest BCUT2D eigenvalue weighted by Gasteiger charge is 2.14. The first-order valence-corrected chi connectivity index (χ1v) is 5.50. The lowest BCUT2D eigenvalue weighted by Gasteiger charge is -2.28. The molecule has 0 unspecified atom stereocenters. The predicted octanol–water partition coefficient (Wildman–Crippen LogP) is 2.47. The quantitative estimate of drug-likeness (QED) is 0.775. The van der Waals surface area contributed by atoms with Crippen LogP contribution >= 0.6 is 0 Å². The summed E-state index contributed by atoms with van der Waals surface area (Å²) < 4.78 is 13.8. The highest BCUT2D eigenvalue weighted by atomic mass is 19.1. The molecule has 1 aromatic rings. The summed E-state index contributed by atoms with van der Waals surface area (Å²) in [6.07, 6.45) is 3.16. The summed E-state index contributed by atoms with van der Waals surface area (Å²) in [5.74, 6) is -0.249. The van der Waals surface area contributed by atoms with Crippen molar-refractivity contribution in [2.75, 3.05) is 18.0 Å². The molecule has 0 bridgehead atoms. The average molecular weight is 221 g/mol. The fourth-order valence-electron chi connectivity index (χ4n) is 2.02. The van der Waals surface area contributed by atoms with Crippen LogP contribution in [0.3, 0.4) is 0 Å². The second kappa shape index (κ2) is 4.66. The number of aliphatic hydroxyl groups is 1. The van der Waals surface area contributed by atoms with Crippen LogP contribution in [0.1, 0.15) is 18.9 Å². The van der Waals surface area contributed by atoms with Crippen LogP contribution in [0.4, 0.5) is 10.1 Å².